The summed E-state index contributed by atoms with van der Waals surface area (Å²) in [6.07, 6.45) is 3.54. The second-order valence-electron chi connectivity index (χ2n) is 7.84. The fourth-order valence-electron chi connectivity index (χ4n) is 3.50. The molecule has 0 bridgehead atoms. The van der Waals surface area contributed by atoms with Crippen LogP contribution in [0.3, 0.4) is 0 Å². The molecule has 3 rings (SSSR count). The van der Waals surface area contributed by atoms with Crippen LogP contribution in [0.15, 0.2) is 24.3 Å². The Hall–Kier alpha value is -3.10. The monoisotopic (exact) mass is 431 g/mol. The Morgan fingerprint density at radius 2 is 1.97 bits per heavy atom. The maximum atomic E-state index is 13.8. The van der Waals surface area contributed by atoms with Gasteiger partial charge in [-0.2, -0.15) is 0 Å². The number of carbonyl (C=O) groups excluding carboxylic acids is 2. The van der Waals surface area contributed by atoms with Crippen molar-refractivity contribution in [1.82, 2.24) is 25.0 Å². The molecule has 1 N–H and O–H groups in total. The van der Waals surface area contributed by atoms with Gasteiger partial charge in [0.1, 0.15) is 17.5 Å². The zero-order valence-corrected chi connectivity index (χ0v) is 17.9. The lowest BCUT2D eigenvalue weighted by Gasteiger charge is -2.23. The van der Waals surface area contributed by atoms with Gasteiger partial charge < -0.3 is 14.8 Å². The van der Waals surface area contributed by atoms with E-state index in [9.17, 15) is 18.4 Å². The minimum Gasteiger partial charge on any atom is -0.346 e. The number of amides is 2. The van der Waals surface area contributed by atoms with Crippen molar-refractivity contribution in [2.75, 3.05) is 13.1 Å². The minimum atomic E-state index is -0.718. The summed E-state index contributed by atoms with van der Waals surface area (Å²) < 4.78 is 28.8. The summed E-state index contributed by atoms with van der Waals surface area (Å²) >= 11 is 0. The van der Waals surface area contributed by atoms with Gasteiger partial charge in [-0.05, 0) is 24.1 Å². The van der Waals surface area contributed by atoms with Crippen molar-refractivity contribution in [3.63, 3.8) is 0 Å². The van der Waals surface area contributed by atoms with Crippen LogP contribution in [0.5, 0.6) is 0 Å². The molecule has 0 spiro atoms. The van der Waals surface area contributed by atoms with Gasteiger partial charge in [0.25, 0.3) is 0 Å². The summed E-state index contributed by atoms with van der Waals surface area (Å²) in [6.45, 7) is 7.18. The van der Waals surface area contributed by atoms with Crippen LogP contribution < -0.4 is 5.32 Å². The van der Waals surface area contributed by atoms with Crippen molar-refractivity contribution in [3.8, 4) is 0 Å². The molecule has 0 unspecified atom stereocenters. The van der Waals surface area contributed by atoms with Crippen LogP contribution in [0.25, 0.3) is 6.08 Å². The third kappa shape index (κ3) is 5.34. The summed E-state index contributed by atoms with van der Waals surface area (Å²) in [4.78, 5) is 26.2. The first-order valence-corrected chi connectivity index (χ1v) is 10.4. The molecule has 31 heavy (non-hydrogen) atoms. The molecule has 0 radical (unpaired) electrons. The molecule has 1 atom stereocenters. The van der Waals surface area contributed by atoms with Gasteiger partial charge in [0.15, 0.2) is 5.82 Å². The maximum absolute atomic E-state index is 13.8. The van der Waals surface area contributed by atoms with Gasteiger partial charge in [-0.25, -0.2) is 8.78 Å². The van der Waals surface area contributed by atoms with Gasteiger partial charge in [0.05, 0.1) is 6.04 Å². The van der Waals surface area contributed by atoms with Crippen molar-refractivity contribution in [1.29, 1.82) is 0 Å². The number of fused-ring (bicyclic) bond motifs is 1. The molecule has 0 saturated heterocycles. The number of hydrogen-bond acceptors (Lipinski definition) is 4. The fourth-order valence-corrected chi connectivity index (χ4v) is 3.50. The predicted molar refractivity (Wildman–Crippen MR) is 112 cm³/mol. The first kappa shape index (κ1) is 22.6. The highest BCUT2D eigenvalue weighted by molar-refractivity contribution is 5.91. The van der Waals surface area contributed by atoms with E-state index in [0.29, 0.717) is 38.3 Å². The summed E-state index contributed by atoms with van der Waals surface area (Å²) in [5, 5.41) is 11.6. The lowest BCUT2D eigenvalue weighted by atomic mass is 10.0. The zero-order valence-electron chi connectivity index (χ0n) is 17.9. The number of nitrogens with one attached hydrogen (secondary N) is 1. The van der Waals surface area contributed by atoms with E-state index in [0.717, 1.165) is 18.0 Å². The molecular formula is C22H27F2N5O2. The van der Waals surface area contributed by atoms with Crippen molar-refractivity contribution < 1.29 is 18.4 Å². The Morgan fingerprint density at radius 3 is 2.65 bits per heavy atom. The minimum absolute atomic E-state index is 0.0559. The van der Waals surface area contributed by atoms with E-state index in [1.807, 2.05) is 18.4 Å². The molecule has 1 aliphatic rings. The van der Waals surface area contributed by atoms with Gasteiger partial charge in [-0.15, -0.1) is 10.2 Å². The SMILES string of the molecule is CCC(=O)N[C@H](c1nnc2n1CCN(C(=O)/C=C/c1ccc(F)cc1F)CC2)C(C)C. The van der Waals surface area contributed by atoms with Crippen molar-refractivity contribution in [3.05, 3.63) is 53.1 Å². The molecule has 7 nitrogen and oxygen atoms in total. The van der Waals surface area contributed by atoms with Gasteiger partial charge >= 0.3 is 0 Å². The van der Waals surface area contributed by atoms with Crippen LogP contribution >= 0.6 is 0 Å². The molecule has 0 aliphatic carbocycles. The largest absolute Gasteiger partial charge is 0.346 e. The van der Waals surface area contributed by atoms with Crippen LogP contribution in [-0.4, -0.2) is 44.6 Å². The summed E-state index contributed by atoms with van der Waals surface area (Å²) in [7, 11) is 0. The summed E-state index contributed by atoms with van der Waals surface area (Å²) in [5.41, 5.74) is 0.149. The van der Waals surface area contributed by atoms with Crippen LogP contribution in [0.2, 0.25) is 0 Å². The van der Waals surface area contributed by atoms with Crippen LogP contribution in [0.1, 0.15) is 50.4 Å². The van der Waals surface area contributed by atoms with Gasteiger partial charge in [0, 0.05) is 50.2 Å². The molecule has 2 amide bonds. The van der Waals surface area contributed by atoms with E-state index in [1.165, 1.54) is 18.2 Å². The van der Waals surface area contributed by atoms with Crippen LogP contribution in [0, 0.1) is 17.6 Å². The van der Waals surface area contributed by atoms with E-state index in [4.69, 9.17) is 0 Å². The summed E-state index contributed by atoms with van der Waals surface area (Å²) in [5.74, 6) is -0.131. The summed E-state index contributed by atoms with van der Waals surface area (Å²) in [6, 6.07) is 2.96. The molecule has 0 fully saturated rings. The Bertz CT molecular complexity index is 986. The Balaban J connectivity index is 1.72. The number of rotatable bonds is 6. The van der Waals surface area contributed by atoms with E-state index in [2.05, 4.69) is 15.5 Å². The highest BCUT2D eigenvalue weighted by Crippen LogP contribution is 2.23. The third-order valence-electron chi connectivity index (χ3n) is 5.32. The van der Waals surface area contributed by atoms with Gasteiger partial charge in [-0.3, -0.25) is 9.59 Å². The standard InChI is InChI=1S/C22H27F2N5O2/c1-4-19(30)25-21(14(2)3)22-27-26-18-9-10-28(11-12-29(18)22)20(31)8-6-15-5-7-16(23)13-17(15)24/h5-8,13-14,21H,4,9-12H2,1-3H3,(H,25,30)/b8-6+/t21-/m0/s1. The molecule has 1 aliphatic heterocycles. The average molecular weight is 431 g/mol. The van der Waals surface area contributed by atoms with E-state index in [1.54, 1.807) is 11.8 Å². The zero-order chi connectivity index (χ0) is 22.5. The first-order chi connectivity index (χ1) is 14.8. The fraction of sp³-hybridized carbons (Fsp3) is 0.455. The first-order valence-electron chi connectivity index (χ1n) is 10.4. The molecule has 166 valence electrons. The molecule has 0 saturated carbocycles. The number of halogens is 2. The Morgan fingerprint density at radius 1 is 1.19 bits per heavy atom. The number of carbonyl (C=O) groups is 2. The lowest BCUT2D eigenvalue weighted by Crippen LogP contribution is -2.34. The highest BCUT2D eigenvalue weighted by Gasteiger charge is 2.27. The van der Waals surface area contributed by atoms with Crippen LogP contribution in [0.4, 0.5) is 8.78 Å². The quantitative estimate of drug-likeness (QED) is 0.714. The smallest absolute Gasteiger partial charge is 0.246 e. The number of benzene rings is 1. The molecule has 1 aromatic heterocycles. The van der Waals surface area contributed by atoms with Crippen molar-refractivity contribution >= 4 is 17.9 Å². The second-order valence-corrected chi connectivity index (χ2v) is 7.84. The Labute approximate surface area is 180 Å². The number of nitrogens with zero attached hydrogens (tertiary/aromatic N) is 4. The van der Waals surface area contributed by atoms with Crippen LogP contribution in [-0.2, 0) is 22.6 Å². The molecule has 2 heterocycles. The predicted octanol–water partition coefficient (Wildman–Crippen LogP) is 2.88. The molecule has 1 aromatic carbocycles. The van der Waals surface area contributed by atoms with Crippen molar-refractivity contribution in [2.24, 2.45) is 5.92 Å². The number of aromatic nitrogens is 3. The Kier molecular flexibility index (Phi) is 7.14. The normalized spacial score (nSPS) is 15.1. The van der Waals surface area contributed by atoms with E-state index >= 15 is 0 Å². The molecule has 9 heteroatoms. The molecular weight excluding hydrogens is 404 g/mol. The number of hydrogen-bond donors (Lipinski definition) is 1. The maximum Gasteiger partial charge on any atom is 0.246 e. The average Bonchev–Trinajstić information content (AvgIpc) is 3.00. The second kappa shape index (κ2) is 9.80. The van der Waals surface area contributed by atoms with Crippen molar-refractivity contribution in [2.45, 2.75) is 46.2 Å². The highest BCUT2D eigenvalue weighted by atomic mass is 19.1. The van der Waals surface area contributed by atoms with E-state index in [-0.39, 0.29) is 29.3 Å². The lowest BCUT2D eigenvalue weighted by molar-refractivity contribution is -0.126. The third-order valence-corrected chi connectivity index (χ3v) is 5.32. The van der Waals surface area contributed by atoms with Gasteiger partial charge in [-0.1, -0.05) is 20.8 Å². The van der Waals surface area contributed by atoms with Gasteiger partial charge in [0.2, 0.25) is 11.8 Å². The molecule has 2 aromatic rings. The topological polar surface area (TPSA) is 80.1 Å². The van der Waals surface area contributed by atoms with E-state index < -0.39 is 11.6 Å².